The number of H-pyrrole nitrogens is 1. The first-order valence-corrected chi connectivity index (χ1v) is 7.16. The van der Waals surface area contributed by atoms with E-state index in [4.69, 9.17) is 4.74 Å². The highest BCUT2D eigenvalue weighted by molar-refractivity contribution is 5.94. The number of aromatic amines is 1. The minimum atomic E-state index is -4.70. The molecule has 1 aromatic carbocycles. The molecule has 3 N–H and O–H groups in total. The number of carbonyl (C=O) groups is 2. The minimum absolute atomic E-state index is 0.104. The third kappa shape index (κ3) is 4.05. The number of aryl methyl sites for hydroxylation is 1. The first kappa shape index (κ1) is 16.7. The predicted molar refractivity (Wildman–Crippen MR) is 78.9 cm³/mol. The summed E-state index contributed by atoms with van der Waals surface area (Å²) in [4.78, 5) is 26.2. The Morgan fingerprint density at radius 3 is 2.84 bits per heavy atom. The van der Waals surface area contributed by atoms with Gasteiger partial charge in [0.25, 0.3) is 11.7 Å². The minimum Gasteiger partial charge on any atom is -0.484 e. The second-order valence-corrected chi connectivity index (χ2v) is 5.21. The molecule has 0 unspecified atom stereocenters. The molecule has 1 aliphatic rings. The zero-order valence-corrected chi connectivity index (χ0v) is 12.6. The molecule has 8 nitrogen and oxygen atoms in total. The molecule has 0 radical (unpaired) electrons. The lowest BCUT2D eigenvalue weighted by Gasteiger charge is -2.17. The molecule has 2 heterocycles. The lowest BCUT2D eigenvalue weighted by atomic mass is 10.0. The van der Waals surface area contributed by atoms with E-state index in [1.807, 2.05) is 5.10 Å². The van der Waals surface area contributed by atoms with Gasteiger partial charge in [-0.25, -0.2) is 5.10 Å². The number of hydrogen-bond donors (Lipinski definition) is 3. The number of hydrogen-bond acceptors (Lipinski definition) is 5. The number of aromatic nitrogens is 3. The van der Waals surface area contributed by atoms with Gasteiger partial charge in [-0.2, -0.15) is 18.2 Å². The quantitative estimate of drug-likeness (QED) is 0.774. The fraction of sp³-hybridized carbons (Fsp3) is 0.286. The Hall–Kier alpha value is -3.11. The third-order valence-corrected chi connectivity index (χ3v) is 3.34. The summed E-state index contributed by atoms with van der Waals surface area (Å²) < 4.78 is 42.4. The number of halogens is 3. The molecule has 0 saturated heterocycles. The van der Waals surface area contributed by atoms with Gasteiger partial charge in [0.2, 0.25) is 11.9 Å². The Morgan fingerprint density at radius 2 is 2.12 bits per heavy atom. The molecule has 0 fully saturated rings. The van der Waals surface area contributed by atoms with Crippen molar-refractivity contribution in [1.29, 1.82) is 0 Å². The molecule has 11 heteroatoms. The van der Waals surface area contributed by atoms with Gasteiger partial charge in [-0.3, -0.25) is 14.9 Å². The van der Waals surface area contributed by atoms with Gasteiger partial charge < -0.3 is 10.1 Å². The van der Waals surface area contributed by atoms with E-state index in [-0.39, 0.29) is 5.91 Å². The highest BCUT2D eigenvalue weighted by Gasteiger charge is 2.36. The van der Waals surface area contributed by atoms with E-state index in [2.05, 4.69) is 20.7 Å². The summed E-state index contributed by atoms with van der Waals surface area (Å²) in [5, 5.41) is 9.73. The number of alkyl halides is 3. The van der Waals surface area contributed by atoms with Crippen molar-refractivity contribution < 1.29 is 27.5 Å². The Morgan fingerprint density at radius 1 is 1.32 bits per heavy atom. The van der Waals surface area contributed by atoms with Crippen LogP contribution >= 0.6 is 0 Å². The van der Waals surface area contributed by atoms with E-state index in [1.54, 1.807) is 18.2 Å². The summed E-state index contributed by atoms with van der Waals surface area (Å²) >= 11 is 0. The van der Waals surface area contributed by atoms with Gasteiger partial charge in [0.05, 0.1) is 0 Å². The summed E-state index contributed by atoms with van der Waals surface area (Å²) in [5.41, 5.74) is 1.57. The summed E-state index contributed by atoms with van der Waals surface area (Å²) in [6.07, 6.45) is -3.68. The Bertz CT molecular complexity index is 818. The summed E-state index contributed by atoms with van der Waals surface area (Å²) in [6, 6.07) is 4.99. The number of carbonyl (C=O) groups excluding carboxylic acids is 2. The van der Waals surface area contributed by atoms with Crippen LogP contribution in [-0.2, 0) is 22.2 Å². The molecule has 25 heavy (non-hydrogen) atoms. The highest BCUT2D eigenvalue weighted by atomic mass is 19.4. The van der Waals surface area contributed by atoms with Crippen LogP contribution in [0.2, 0.25) is 0 Å². The van der Waals surface area contributed by atoms with Gasteiger partial charge in [-0.15, -0.1) is 5.10 Å². The van der Waals surface area contributed by atoms with Gasteiger partial charge in [0, 0.05) is 18.2 Å². The number of anilines is 2. The van der Waals surface area contributed by atoms with Gasteiger partial charge in [0.1, 0.15) is 5.75 Å². The lowest BCUT2D eigenvalue weighted by molar-refractivity contribution is -0.144. The topological polar surface area (TPSA) is 109 Å². The van der Waals surface area contributed by atoms with Crippen LogP contribution in [0.1, 0.15) is 17.8 Å². The maximum Gasteiger partial charge on any atom is 0.453 e. The second-order valence-electron chi connectivity index (χ2n) is 5.21. The van der Waals surface area contributed by atoms with Crippen molar-refractivity contribution in [3.63, 3.8) is 0 Å². The highest BCUT2D eigenvalue weighted by Crippen LogP contribution is 2.27. The maximum atomic E-state index is 12.4. The fourth-order valence-corrected chi connectivity index (χ4v) is 2.20. The summed E-state index contributed by atoms with van der Waals surface area (Å²) in [7, 11) is 0. The molecule has 0 spiro atoms. The summed E-state index contributed by atoms with van der Waals surface area (Å²) in [5.74, 6) is -2.29. The molecule has 1 aliphatic heterocycles. The van der Waals surface area contributed by atoms with Gasteiger partial charge in [-0.05, 0) is 18.1 Å². The van der Waals surface area contributed by atoms with E-state index >= 15 is 0 Å². The number of benzene rings is 1. The van der Waals surface area contributed by atoms with Crippen molar-refractivity contribution in [3.05, 3.63) is 29.6 Å². The van der Waals surface area contributed by atoms with Crippen LogP contribution in [-0.4, -0.2) is 33.6 Å². The lowest BCUT2D eigenvalue weighted by Crippen LogP contribution is -2.22. The largest absolute Gasteiger partial charge is 0.484 e. The molecular weight excluding hydrogens is 343 g/mol. The molecule has 2 aromatic rings. The third-order valence-electron chi connectivity index (χ3n) is 3.34. The molecule has 132 valence electrons. The average Bonchev–Trinajstić information content (AvgIpc) is 3.01. The Kier molecular flexibility index (Phi) is 4.30. The number of amides is 2. The Labute approximate surface area is 138 Å². The number of fused-ring (bicyclic) bond motifs is 1. The standard InChI is InChI=1S/C14H12F3N5O3/c15-14(16,17)12-20-13(22-21-12)19-11(24)6-25-8-3-1-7-2-4-10(23)18-9(7)5-8/h1,3,5H,2,4,6H2,(H,18,23)(H2,19,20,21,22,24). The molecule has 1 aromatic heterocycles. The van der Waals surface area contributed by atoms with Crippen molar-refractivity contribution in [2.24, 2.45) is 0 Å². The van der Waals surface area contributed by atoms with E-state index in [1.165, 1.54) is 0 Å². The number of nitrogens with zero attached hydrogens (tertiary/aromatic N) is 2. The van der Waals surface area contributed by atoms with E-state index < -0.39 is 30.5 Å². The van der Waals surface area contributed by atoms with Gasteiger partial charge in [-0.1, -0.05) is 6.07 Å². The van der Waals surface area contributed by atoms with Crippen LogP contribution in [0.4, 0.5) is 24.8 Å². The smallest absolute Gasteiger partial charge is 0.453 e. The number of nitrogens with one attached hydrogen (secondary N) is 3. The second kappa shape index (κ2) is 6.42. The van der Waals surface area contributed by atoms with Gasteiger partial charge >= 0.3 is 6.18 Å². The number of ether oxygens (including phenoxy) is 1. The van der Waals surface area contributed by atoms with Crippen LogP contribution in [0.25, 0.3) is 0 Å². The van der Waals surface area contributed by atoms with Crippen molar-refractivity contribution in [2.45, 2.75) is 19.0 Å². The molecule has 3 rings (SSSR count). The molecule has 2 amide bonds. The first-order chi connectivity index (χ1) is 11.8. The monoisotopic (exact) mass is 355 g/mol. The Balaban J connectivity index is 1.56. The molecular formula is C14H12F3N5O3. The van der Waals surface area contributed by atoms with Crippen LogP contribution in [0, 0.1) is 0 Å². The predicted octanol–water partition coefficient (Wildman–Crippen LogP) is 1.73. The normalized spacial score (nSPS) is 13.8. The van der Waals surface area contributed by atoms with Crippen LogP contribution in [0.15, 0.2) is 18.2 Å². The zero-order chi connectivity index (χ0) is 18.0. The molecule has 0 aliphatic carbocycles. The molecule has 0 atom stereocenters. The zero-order valence-electron chi connectivity index (χ0n) is 12.6. The van der Waals surface area contributed by atoms with Crippen molar-refractivity contribution in [1.82, 2.24) is 15.2 Å². The van der Waals surface area contributed by atoms with Crippen molar-refractivity contribution in [3.8, 4) is 5.75 Å². The molecule has 0 bridgehead atoms. The van der Waals surface area contributed by atoms with E-state index in [9.17, 15) is 22.8 Å². The van der Waals surface area contributed by atoms with E-state index in [0.717, 1.165) is 5.56 Å². The maximum absolute atomic E-state index is 12.4. The van der Waals surface area contributed by atoms with Crippen molar-refractivity contribution in [2.75, 3.05) is 17.2 Å². The van der Waals surface area contributed by atoms with Crippen molar-refractivity contribution >= 4 is 23.5 Å². The molecule has 0 saturated carbocycles. The first-order valence-electron chi connectivity index (χ1n) is 7.16. The summed E-state index contributed by atoms with van der Waals surface area (Å²) in [6.45, 7) is -0.450. The fourth-order valence-electron chi connectivity index (χ4n) is 2.20. The SMILES string of the molecule is O=C(COc1ccc2c(c1)NC(=O)CC2)Nc1nc(C(F)(F)F)n[nH]1. The van der Waals surface area contributed by atoms with Crippen LogP contribution in [0.3, 0.4) is 0 Å². The van der Waals surface area contributed by atoms with Crippen LogP contribution < -0.4 is 15.4 Å². The van der Waals surface area contributed by atoms with Crippen LogP contribution in [0.5, 0.6) is 5.75 Å². The number of rotatable bonds is 4. The van der Waals surface area contributed by atoms with E-state index in [0.29, 0.717) is 24.3 Å². The van der Waals surface area contributed by atoms with Gasteiger partial charge in [0.15, 0.2) is 6.61 Å². The average molecular weight is 355 g/mol.